The first-order valence-corrected chi connectivity index (χ1v) is 20.2. The van der Waals surface area contributed by atoms with E-state index in [1.54, 1.807) is 13.2 Å². The molecule has 2 aromatic heterocycles. The maximum Gasteiger partial charge on any atom is 0.207 e. The van der Waals surface area contributed by atoms with Crippen LogP contribution in [0.1, 0.15) is 79.8 Å². The van der Waals surface area contributed by atoms with E-state index in [0.717, 1.165) is 97.4 Å². The van der Waals surface area contributed by atoms with Crippen LogP contribution in [-0.2, 0) is 23.1 Å². The molecule has 4 aromatic rings. The fraction of sp³-hybridized carbons (Fsp3) is 0.370. The predicted molar refractivity (Wildman–Crippen MR) is 242 cm³/mol. The van der Waals surface area contributed by atoms with Crippen molar-refractivity contribution in [2.75, 3.05) is 39.2 Å². The average molecular weight is 833 g/mol. The van der Waals surface area contributed by atoms with Gasteiger partial charge in [0, 0.05) is 79.6 Å². The second-order valence-corrected chi connectivity index (χ2v) is 14.4. The normalized spacial score (nSPS) is 13.8. The van der Waals surface area contributed by atoms with E-state index in [9.17, 15) is 9.59 Å². The Morgan fingerprint density at radius 2 is 1.78 bits per heavy atom. The number of hydrogen-bond donors (Lipinski definition) is 3. The second kappa shape index (κ2) is 22.9. The van der Waals surface area contributed by atoms with Crippen molar-refractivity contribution in [3.8, 4) is 16.9 Å². The minimum atomic E-state index is -0.0506. The number of amides is 1. The van der Waals surface area contributed by atoms with Crippen molar-refractivity contribution in [2.24, 2.45) is 7.05 Å². The number of carbonyl (C=O) groups is 2. The van der Waals surface area contributed by atoms with Crippen molar-refractivity contribution in [3.63, 3.8) is 0 Å². The van der Waals surface area contributed by atoms with Gasteiger partial charge in [-0.25, -0.2) is 0 Å². The van der Waals surface area contributed by atoms with Crippen molar-refractivity contribution in [1.29, 1.82) is 0 Å². The lowest BCUT2D eigenvalue weighted by atomic mass is 9.91. The molecule has 1 aliphatic rings. The van der Waals surface area contributed by atoms with Gasteiger partial charge in [-0.15, -0.1) is 0 Å². The van der Waals surface area contributed by atoms with E-state index in [1.165, 1.54) is 0 Å². The summed E-state index contributed by atoms with van der Waals surface area (Å²) in [6.07, 6.45) is 11.4. The van der Waals surface area contributed by atoms with E-state index in [1.807, 2.05) is 88.3 Å². The quantitative estimate of drug-likeness (QED) is 0.0395. The van der Waals surface area contributed by atoms with Gasteiger partial charge < -0.3 is 29.8 Å². The van der Waals surface area contributed by atoms with Gasteiger partial charge in [-0.3, -0.25) is 14.3 Å². The van der Waals surface area contributed by atoms with E-state index < -0.39 is 0 Å². The SMILES string of the molecule is C=CC(=C)Cn1cc(C=O)c2c(OC)ccc(/C=C(\CCCOC3C=C(C)C(Cl)=C(C)C3)c3ccc(Cl)c(-c4c(C)nn(C)c4C)c3NCCNC=O)c21.CC.CO. The van der Waals surface area contributed by atoms with Crippen molar-refractivity contribution in [3.05, 3.63) is 111 Å². The Kier molecular flexibility index (Phi) is 18.8. The van der Waals surface area contributed by atoms with Gasteiger partial charge in [0.1, 0.15) is 5.75 Å². The highest BCUT2D eigenvalue weighted by Crippen LogP contribution is 2.44. The van der Waals surface area contributed by atoms with Gasteiger partial charge in [0.15, 0.2) is 6.29 Å². The number of hydrogen-bond acceptors (Lipinski definition) is 7. The molecule has 3 N–H and O–H groups in total. The Hall–Kier alpha value is -4.87. The van der Waals surface area contributed by atoms with Gasteiger partial charge >= 0.3 is 0 Å². The lowest BCUT2D eigenvalue weighted by molar-refractivity contribution is -0.109. The number of aldehydes is 1. The highest BCUT2D eigenvalue weighted by Gasteiger charge is 2.24. The summed E-state index contributed by atoms with van der Waals surface area (Å²) in [6, 6.07) is 7.87. The number of nitrogens with zero attached hydrogens (tertiary/aromatic N) is 3. The zero-order valence-corrected chi connectivity index (χ0v) is 36.9. The van der Waals surface area contributed by atoms with Crippen LogP contribution in [0.2, 0.25) is 5.02 Å². The zero-order valence-electron chi connectivity index (χ0n) is 35.4. The van der Waals surface area contributed by atoms with Crippen LogP contribution in [-0.4, -0.2) is 72.2 Å². The molecule has 2 aromatic carbocycles. The first-order chi connectivity index (χ1) is 27.9. The summed E-state index contributed by atoms with van der Waals surface area (Å²) in [5.74, 6) is 0.601. The third kappa shape index (κ3) is 11.0. The summed E-state index contributed by atoms with van der Waals surface area (Å²) in [7, 11) is 4.52. The van der Waals surface area contributed by atoms with Crippen LogP contribution in [0.3, 0.4) is 0 Å². The van der Waals surface area contributed by atoms with E-state index in [0.29, 0.717) is 61.8 Å². The Balaban J connectivity index is 0.00000218. The molecule has 2 heterocycles. The third-order valence-electron chi connectivity index (χ3n) is 9.88. The first-order valence-electron chi connectivity index (χ1n) is 19.4. The van der Waals surface area contributed by atoms with Gasteiger partial charge in [0.05, 0.1) is 40.5 Å². The van der Waals surface area contributed by atoms with Gasteiger partial charge in [-0.1, -0.05) is 74.0 Å². The minimum absolute atomic E-state index is 0.0506. The molecule has 0 bridgehead atoms. The number of allylic oxidation sites excluding steroid dienone is 5. The smallest absolute Gasteiger partial charge is 0.207 e. The Morgan fingerprint density at radius 1 is 1.05 bits per heavy atom. The van der Waals surface area contributed by atoms with E-state index in [4.69, 9.17) is 42.9 Å². The maximum atomic E-state index is 12.4. The Morgan fingerprint density at radius 3 is 2.38 bits per heavy atom. The van der Waals surface area contributed by atoms with Gasteiger partial charge in [0.25, 0.3) is 0 Å². The number of benzene rings is 2. The topological polar surface area (TPSA) is 120 Å². The van der Waals surface area contributed by atoms with Crippen LogP contribution in [0.15, 0.2) is 77.5 Å². The number of aryl methyl sites for hydroxylation is 2. The molecule has 58 heavy (non-hydrogen) atoms. The summed E-state index contributed by atoms with van der Waals surface area (Å²) in [4.78, 5) is 23.6. The maximum absolute atomic E-state index is 12.4. The molecule has 5 rings (SSSR count). The third-order valence-corrected chi connectivity index (χ3v) is 10.8. The average Bonchev–Trinajstić information content (AvgIpc) is 3.72. The van der Waals surface area contributed by atoms with E-state index >= 15 is 0 Å². The molecule has 0 saturated carbocycles. The zero-order chi connectivity index (χ0) is 43.1. The number of halogens is 2. The number of fused-ring (bicyclic) bond motifs is 1. The largest absolute Gasteiger partial charge is 0.496 e. The molecule has 1 aliphatic carbocycles. The van der Waals surface area contributed by atoms with Crippen LogP contribution in [0.25, 0.3) is 33.7 Å². The van der Waals surface area contributed by atoms with Crippen LogP contribution < -0.4 is 15.4 Å². The van der Waals surface area contributed by atoms with Crippen molar-refractivity contribution >= 4 is 64.1 Å². The highest BCUT2D eigenvalue weighted by atomic mass is 35.5. The molecule has 312 valence electrons. The fourth-order valence-corrected chi connectivity index (χ4v) is 7.59. The molecule has 1 atom stereocenters. The summed E-state index contributed by atoms with van der Waals surface area (Å²) in [5.41, 5.74) is 11.6. The number of ether oxygens (including phenoxy) is 2. The fourth-order valence-electron chi connectivity index (χ4n) is 7.20. The Labute approximate surface area is 353 Å². The molecule has 0 spiro atoms. The lowest BCUT2D eigenvalue weighted by Crippen LogP contribution is -2.21. The molecule has 0 fully saturated rings. The number of methoxy groups -OCH3 is 1. The minimum Gasteiger partial charge on any atom is -0.496 e. The molecular formula is C46H59Cl2N5O5. The number of aromatic nitrogens is 3. The molecule has 0 aliphatic heterocycles. The summed E-state index contributed by atoms with van der Waals surface area (Å²) in [5, 5.41) is 20.2. The molecule has 1 unspecified atom stereocenters. The molecular weight excluding hydrogens is 773 g/mol. The van der Waals surface area contributed by atoms with Crippen molar-refractivity contribution in [1.82, 2.24) is 19.7 Å². The molecule has 10 nitrogen and oxygen atoms in total. The number of rotatable bonds is 18. The van der Waals surface area contributed by atoms with Crippen molar-refractivity contribution in [2.45, 2.75) is 73.5 Å². The molecule has 0 saturated heterocycles. The number of aliphatic hydroxyl groups excluding tert-OH is 1. The molecule has 12 heteroatoms. The van der Waals surface area contributed by atoms with E-state index in [2.05, 4.69) is 35.9 Å². The number of nitrogens with one attached hydrogen (secondary N) is 2. The standard InChI is InChI=1S/C43H49Cl2N5O4.C2H6.CH4O/c1-9-26(2)22-50-23-33(24-51)39-37(53-8)15-12-32(43(39)50)21-31(11-10-18-54-34-19-27(3)41(45)28(4)20-34)35-13-14-36(44)40(42(35)47-17-16-46-25-52)38-29(5)48-49(7)30(38)6;2*1-2/h9,12-15,19,21,23-25,34,47H,1-2,10-11,16-18,20,22H2,3-8H3,(H,46,52);1-2H3;2H,1H3/b31-21+;;. The van der Waals surface area contributed by atoms with Crippen LogP contribution in [0.4, 0.5) is 5.69 Å². The summed E-state index contributed by atoms with van der Waals surface area (Å²) >= 11 is 13.6. The summed E-state index contributed by atoms with van der Waals surface area (Å²) < 4.78 is 16.1. The molecule has 0 radical (unpaired) electrons. The predicted octanol–water partition coefficient (Wildman–Crippen LogP) is 10.2. The number of anilines is 1. The number of aliphatic hydroxyl groups is 1. The number of carbonyl (C=O) groups excluding carboxylic acids is 2. The summed E-state index contributed by atoms with van der Waals surface area (Å²) in [6.45, 7) is 22.0. The van der Waals surface area contributed by atoms with Crippen LogP contribution >= 0.6 is 23.2 Å². The van der Waals surface area contributed by atoms with Gasteiger partial charge in [-0.2, -0.15) is 5.10 Å². The van der Waals surface area contributed by atoms with E-state index in [-0.39, 0.29) is 6.10 Å². The second-order valence-electron chi connectivity index (χ2n) is 13.6. The van der Waals surface area contributed by atoms with Crippen LogP contribution in [0.5, 0.6) is 5.75 Å². The van der Waals surface area contributed by atoms with Crippen LogP contribution in [0, 0.1) is 13.8 Å². The Bertz CT molecular complexity index is 2190. The first kappa shape index (κ1) is 47.5. The van der Waals surface area contributed by atoms with Gasteiger partial charge in [-0.05, 0) is 93.5 Å². The lowest BCUT2D eigenvalue weighted by Gasteiger charge is -2.23. The highest BCUT2D eigenvalue weighted by molar-refractivity contribution is 6.34. The molecule has 1 amide bonds. The monoisotopic (exact) mass is 831 g/mol. The van der Waals surface area contributed by atoms with Crippen molar-refractivity contribution < 1.29 is 24.2 Å². The van der Waals surface area contributed by atoms with Gasteiger partial charge in [0.2, 0.25) is 6.41 Å².